The summed E-state index contributed by atoms with van der Waals surface area (Å²) in [5.74, 6) is 0.150. The summed E-state index contributed by atoms with van der Waals surface area (Å²) < 4.78 is 1.55. The van der Waals surface area contributed by atoms with E-state index in [1.54, 1.807) is 17.0 Å². The van der Waals surface area contributed by atoms with Crippen molar-refractivity contribution in [3.63, 3.8) is 0 Å². The molecule has 1 aromatic heterocycles. The average molecular weight is 313 g/mol. The molecule has 1 aromatic carbocycles. The van der Waals surface area contributed by atoms with Gasteiger partial charge in [-0.2, -0.15) is 0 Å². The van der Waals surface area contributed by atoms with Crippen LogP contribution in [0.3, 0.4) is 0 Å². The van der Waals surface area contributed by atoms with E-state index in [9.17, 15) is 9.59 Å². The van der Waals surface area contributed by atoms with Gasteiger partial charge < -0.3 is 4.90 Å². The summed E-state index contributed by atoms with van der Waals surface area (Å²) in [6.45, 7) is 3.37. The summed E-state index contributed by atoms with van der Waals surface area (Å²) in [7, 11) is 0. The zero-order valence-electron chi connectivity index (χ0n) is 13.6. The number of fused-ring (bicyclic) bond motifs is 1. The fourth-order valence-corrected chi connectivity index (χ4v) is 3.38. The molecule has 0 N–H and O–H groups in total. The van der Waals surface area contributed by atoms with Crippen molar-refractivity contribution in [2.45, 2.75) is 51.6 Å². The highest BCUT2D eigenvalue weighted by atomic mass is 16.2. The van der Waals surface area contributed by atoms with Crippen molar-refractivity contribution in [2.75, 3.05) is 6.54 Å². The molecule has 0 spiro atoms. The lowest BCUT2D eigenvalue weighted by molar-refractivity contribution is -0.135. The van der Waals surface area contributed by atoms with Crippen molar-refractivity contribution in [1.29, 1.82) is 0 Å². The Labute approximate surface area is 135 Å². The first kappa shape index (κ1) is 15.7. The van der Waals surface area contributed by atoms with Crippen LogP contribution in [0.5, 0.6) is 0 Å². The summed E-state index contributed by atoms with van der Waals surface area (Å²) in [5.41, 5.74) is 0.622. The zero-order chi connectivity index (χ0) is 16.2. The van der Waals surface area contributed by atoms with Gasteiger partial charge in [-0.05, 0) is 37.8 Å². The molecule has 0 aliphatic carbocycles. The quantitative estimate of drug-likeness (QED) is 0.872. The number of aromatic nitrogens is 2. The molecule has 2 aromatic rings. The third-order valence-corrected chi connectivity index (χ3v) is 4.72. The lowest BCUT2D eigenvalue weighted by Gasteiger charge is -2.35. The summed E-state index contributed by atoms with van der Waals surface area (Å²) in [6, 6.07) is 7.67. The normalized spacial score (nSPS) is 18.3. The Bertz CT molecular complexity index is 753. The standard InChI is InChI=1S/C18H23N3O2/c1-2-14-7-5-6-11-21(14)17(22)10-12-20-13-19-16-9-4-3-8-15(16)18(20)23/h3-4,8-9,13-14H,2,5-7,10-12H2,1H3. The average Bonchev–Trinajstić information content (AvgIpc) is 2.61. The minimum absolute atomic E-state index is 0.0749. The van der Waals surface area contributed by atoms with Crippen LogP contribution in [0.15, 0.2) is 35.4 Å². The second-order valence-electron chi connectivity index (χ2n) is 6.16. The molecule has 23 heavy (non-hydrogen) atoms. The van der Waals surface area contributed by atoms with Gasteiger partial charge in [0.2, 0.25) is 5.91 Å². The number of nitrogens with zero attached hydrogens (tertiary/aromatic N) is 3. The van der Waals surface area contributed by atoms with Gasteiger partial charge in [0.25, 0.3) is 5.56 Å². The first-order valence-corrected chi connectivity index (χ1v) is 8.44. The van der Waals surface area contributed by atoms with Gasteiger partial charge in [-0.1, -0.05) is 19.1 Å². The topological polar surface area (TPSA) is 55.2 Å². The van der Waals surface area contributed by atoms with E-state index in [2.05, 4.69) is 11.9 Å². The molecule has 1 unspecified atom stereocenters. The van der Waals surface area contributed by atoms with E-state index in [1.165, 1.54) is 6.42 Å². The van der Waals surface area contributed by atoms with Gasteiger partial charge in [-0.15, -0.1) is 0 Å². The Morgan fingerprint density at radius 3 is 2.96 bits per heavy atom. The molecule has 1 amide bonds. The minimum Gasteiger partial charge on any atom is -0.340 e. The number of hydrogen-bond donors (Lipinski definition) is 0. The number of carbonyl (C=O) groups is 1. The summed E-state index contributed by atoms with van der Waals surface area (Å²) in [4.78, 5) is 31.2. The zero-order valence-corrected chi connectivity index (χ0v) is 13.6. The van der Waals surface area contributed by atoms with E-state index in [1.807, 2.05) is 23.1 Å². The van der Waals surface area contributed by atoms with Gasteiger partial charge in [0, 0.05) is 25.6 Å². The van der Waals surface area contributed by atoms with Gasteiger partial charge in [-0.3, -0.25) is 14.2 Å². The molecule has 0 bridgehead atoms. The van der Waals surface area contributed by atoms with E-state index in [0.29, 0.717) is 29.9 Å². The van der Waals surface area contributed by atoms with Crippen LogP contribution in [0.25, 0.3) is 10.9 Å². The van der Waals surface area contributed by atoms with Crippen LogP contribution in [-0.4, -0.2) is 32.9 Å². The van der Waals surface area contributed by atoms with Crippen molar-refractivity contribution in [2.24, 2.45) is 0 Å². The fraction of sp³-hybridized carbons (Fsp3) is 0.500. The molecule has 3 rings (SSSR count). The molecule has 1 aliphatic rings. The number of likely N-dealkylation sites (tertiary alicyclic amines) is 1. The predicted octanol–water partition coefficient (Wildman–Crippen LogP) is 2.58. The van der Waals surface area contributed by atoms with Gasteiger partial charge in [0.1, 0.15) is 0 Å². The highest BCUT2D eigenvalue weighted by molar-refractivity contribution is 5.77. The van der Waals surface area contributed by atoms with Crippen molar-refractivity contribution in [3.8, 4) is 0 Å². The molecule has 5 nitrogen and oxygen atoms in total. The first-order chi connectivity index (χ1) is 11.2. The smallest absolute Gasteiger partial charge is 0.261 e. The monoisotopic (exact) mass is 313 g/mol. The van der Waals surface area contributed by atoms with E-state index in [4.69, 9.17) is 0 Å². The third-order valence-electron chi connectivity index (χ3n) is 4.72. The maximum absolute atomic E-state index is 12.5. The van der Waals surface area contributed by atoms with Crippen molar-refractivity contribution in [3.05, 3.63) is 40.9 Å². The number of benzene rings is 1. The SMILES string of the molecule is CCC1CCCCN1C(=O)CCn1cnc2ccccc2c1=O. The van der Waals surface area contributed by atoms with Gasteiger partial charge in [0.15, 0.2) is 0 Å². The second kappa shape index (κ2) is 6.94. The van der Waals surface area contributed by atoms with Crippen molar-refractivity contribution in [1.82, 2.24) is 14.5 Å². The largest absolute Gasteiger partial charge is 0.340 e. The Morgan fingerprint density at radius 1 is 1.30 bits per heavy atom. The maximum Gasteiger partial charge on any atom is 0.261 e. The molecule has 122 valence electrons. The summed E-state index contributed by atoms with van der Waals surface area (Å²) in [6.07, 6.45) is 6.29. The van der Waals surface area contributed by atoms with E-state index in [0.717, 1.165) is 25.8 Å². The summed E-state index contributed by atoms with van der Waals surface area (Å²) in [5, 5.41) is 0.604. The number of carbonyl (C=O) groups excluding carboxylic acids is 1. The number of piperidine rings is 1. The van der Waals surface area contributed by atoms with Gasteiger partial charge >= 0.3 is 0 Å². The molecule has 2 heterocycles. The van der Waals surface area contributed by atoms with Gasteiger partial charge in [-0.25, -0.2) is 4.98 Å². The maximum atomic E-state index is 12.5. The fourth-order valence-electron chi connectivity index (χ4n) is 3.38. The Kier molecular flexibility index (Phi) is 4.74. The number of rotatable bonds is 4. The van der Waals surface area contributed by atoms with E-state index >= 15 is 0 Å². The Morgan fingerprint density at radius 2 is 2.13 bits per heavy atom. The third kappa shape index (κ3) is 3.28. The van der Waals surface area contributed by atoms with Gasteiger partial charge in [0.05, 0.1) is 17.2 Å². The second-order valence-corrected chi connectivity index (χ2v) is 6.16. The lowest BCUT2D eigenvalue weighted by Crippen LogP contribution is -2.43. The molecular formula is C18H23N3O2. The van der Waals surface area contributed by atoms with Crippen LogP contribution in [-0.2, 0) is 11.3 Å². The van der Waals surface area contributed by atoms with Crippen LogP contribution >= 0.6 is 0 Å². The number of hydrogen-bond acceptors (Lipinski definition) is 3. The van der Waals surface area contributed by atoms with E-state index in [-0.39, 0.29) is 11.5 Å². The molecule has 1 saturated heterocycles. The first-order valence-electron chi connectivity index (χ1n) is 8.44. The Balaban J connectivity index is 1.72. The van der Waals surface area contributed by atoms with Crippen LogP contribution in [0.2, 0.25) is 0 Å². The number of aryl methyl sites for hydroxylation is 1. The molecule has 0 saturated carbocycles. The van der Waals surface area contributed by atoms with E-state index < -0.39 is 0 Å². The number of amides is 1. The molecule has 5 heteroatoms. The highest BCUT2D eigenvalue weighted by Gasteiger charge is 2.24. The molecule has 1 aliphatic heterocycles. The highest BCUT2D eigenvalue weighted by Crippen LogP contribution is 2.20. The Hall–Kier alpha value is -2.17. The predicted molar refractivity (Wildman–Crippen MR) is 90.3 cm³/mol. The van der Waals surface area contributed by atoms with Crippen molar-refractivity contribution < 1.29 is 4.79 Å². The molecule has 1 atom stereocenters. The number of para-hydroxylation sites is 1. The van der Waals surface area contributed by atoms with Crippen LogP contribution in [0.1, 0.15) is 39.0 Å². The minimum atomic E-state index is -0.0749. The van der Waals surface area contributed by atoms with Crippen LogP contribution < -0.4 is 5.56 Å². The molecular weight excluding hydrogens is 290 g/mol. The molecule has 0 radical (unpaired) electrons. The van der Waals surface area contributed by atoms with Crippen LogP contribution in [0.4, 0.5) is 0 Å². The summed E-state index contributed by atoms with van der Waals surface area (Å²) >= 11 is 0. The lowest BCUT2D eigenvalue weighted by atomic mass is 9.99. The molecule has 1 fully saturated rings. The van der Waals surface area contributed by atoms with Crippen LogP contribution in [0, 0.1) is 0 Å². The van der Waals surface area contributed by atoms with Crippen molar-refractivity contribution >= 4 is 16.8 Å².